The first-order valence-electron chi connectivity index (χ1n) is 6.21. The van der Waals surface area contributed by atoms with Crippen molar-refractivity contribution in [1.29, 1.82) is 0 Å². The van der Waals surface area contributed by atoms with Crippen LogP contribution in [-0.2, 0) is 7.05 Å². The third-order valence-corrected chi connectivity index (χ3v) is 3.09. The van der Waals surface area contributed by atoms with Gasteiger partial charge in [0, 0.05) is 25.1 Å². The molecule has 1 heterocycles. The van der Waals surface area contributed by atoms with Crippen LogP contribution < -0.4 is 0 Å². The summed E-state index contributed by atoms with van der Waals surface area (Å²) in [5.74, 6) is 0.688. The third-order valence-electron chi connectivity index (χ3n) is 3.09. The molecule has 1 atom stereocenters. The first-order chi connectivity index (χ1) is 9.49. The maximum absolute atomic E-state index is 10.9. The molecule has 6 heteroatoms. The number of hydrogen-bond donors (Lipinski definition) is 0. The van der Waals surface area contributed by atoms with Gasteiger partial charge in [-0.2, -0.15) is 0 Å². The molecular formula is C14H16N4O2. The van der Waals surface area contributed by atoms with E-state index >= 15 is 0 Å². The maximum Gasteiger partial charge on any atom is 0.269 e. The van der Waals surface area contributed by atoms with E-state index in [2.05, 4.69) is 16.8 Å². The van der Waals surface area contributed by atoms with Crippen molar-refractivity contribution in [3.8, 4) is 0 Å². The Morgan fingerprint density at radius 2 is 2.30 bits per heavy atom. The predicted octanol–water partition coefficient (Wildman–Crippen LogP) is 2.82. The Labute approximate surface area is 116 Å². The molecule has 1 aromatic heterocycles. The lowest BCUT2D eigenvalue weighted by molar-refractivity contribution is -0.384. The predicted molar refractivity (Wildman–Crippen MR) is 75.4 cm³/mol. The minimum absolute atomic E-state index is 0.0800. The molecule has 0 radical (unpaired) electrons. The van der Waals surface area contributed by atoms with Crippen LogP contribution in [0.15, 0.2) is 42.7 Å². The van der Waals surface area contributed by atoms with Crippen molar-refractivity contribution in [3.05, 3.63) is 64.2 Å². The monoisotopic (exact) mass is 272 g/mol. The van der Waals surface area contributed by atoms with Gasteiger partial charge in [0.2, 0.25) is 0 Å². The van der Waals surface area contributed by atoms with E-state index in [0.717, 1.165) is 17.0 Å². The molecule has 0 aliphatic rings. The van der Waals surface area contributed by atoms with E-state index in [9.17, 15) is 10.1 Å². The van der Waals surface area contributed by atoms with Gasteiger partial charge in [0.05, 0.1) is 4.92 Å². The molecule has 2 aromatic rings. The Bertz CT molecular complexity index is 648. The number of aromatic nitrogens is 3. The second-order valence-corrected chi connectivity index (χ2v) is 4.87. The molecule has 0 amide bonds. The molecule has 0 saturated heterocycles. The first-order valence-corrected chi connectivity index (χ1v) is 6.21. The van der Waals surface area contributed by atoms with Crippen molar-refractivity contribution in [2.75, 3.05) is 0 Å². The lowest BCUT2D eigenvalue weighted by Crippen LogP contribution is -2.09. The highest BCUT2D eigenvalue weighted by molar-refractivity contribution is 5.38. The number of allylic oxidation sites excluding steroid dienone is 1. The largest absolute Gasteiger partial charge is 0.320 e. The number of rotatable bonds is 5. The zero-order chi connectivity index (χ0) is 14.7. The lowest BCUT2D eigenvalue weighted by Gasteiger charge is -2.16. The van der Waals surface area contributed by atoms with E-state index in [-0.39, 0.29) is 11.6 Å². The number of nitrogens with zero attached hydrogens (tertiary/aromatic N) is 4. The summed E-state index contributed by atoms with van der Waals surface area (Å²) in [6, 6.07) is 6.63. The van der Waals surface area contributed by atoms with Crippen LogP contribution in [0.5, 0.6) is 0 Å². The van der Waals surface area contributed by atoms with Crippen LogP contribution in [0.2, 0.25) is 0 Å². The van der Waals surface area contributed by atoms with Gasteiger partial charge in [-0.05, 0) is 18.9 Å². The normalized spacial score (nSPS) is 12.1. The maximum atomic E-state index is 10.9. The molecule has 104 valence electrons. The van der Waals surface area contributed by atoms with Gasteiger partial charge in [-0.1, -0.05) is 17.7 Å². The van der Waals surface area contributed by atoms with Crippen LogP contribution in [0.4, 0.5) is 5.69 Å². The molecule has 0 aliphatic carbocycles. The topological polar surface area (TPSA) is 73.8 Å². The van der Waals surface area contributed by atoms with Crippen molar-refractivity contribution in [2.45, 2.75) is 19.3 Å². The van der Waals surface area contributed by atoms with Gasteiger partial charge in [0.25, 0.3) is 5.69 Å². The van der Waals surface area contributed by atoms with Gasteiger partial charge in [-0.3, -0.25) is 10.1 Å². The fraction of sp³-hybridized carbons (Fsp3) is 0.286. The van der Waals surface area contributed by atoms with E-state index in [0.29, 0.717) is 6.42 Å². The number of benzene rings is 1. The van der Waals surface area contributed by atoms with Crippen LogP contribution in [0, 0.1) is 10.1 Å². The van der Waals surface area contributed by atoms with Crippen molar-refractivity contribution >= 4 is 5.69 Å². The number of nitro groups is 1. The zero-order valence-electron chi connectivity index (χ0n) is 11.5. The summed E-state index contributed by atoms with van der Waals surface area (Å²) in [6.07, 6.45) is 2.30. The Balaban J connectivity index is 2.46. The van der Waals surface area contributed by atoms with E-state index in [1.165, 1.54) is 6.07 Å². The Morgan fingerprint density at radius 3 is 2.85 bits per heavy atom. The van der Waals surface area contributed by atoms with Gasteiger partial charge in [-0.15, -0.1) is 16.8 Å². The van der Waals surface area contributed by atoms with Gasteiger partial charge < -0.3 is 4.57 Å². The lowest BCUT2D eigenvalue weighted by atomic mass is 9.91. The van der Waals surface area contributed by atoms with E-state index in [1.807, 2.05) is 24.6 Å². The van der Waals surface area contributed by atoms with Crippen molar-refractivity contribution in [1.82, 2.24) is 14.8 Å². The van der Waals surface area contributed by atoms with E-state index in [4.69, 9.17) is 0 Å². The fourth-order valence-electron chi connectivity index (χ4n) is 2.17. The number of hydrogen-bond acceptors (Lipinski definition) is 4. The second kappa shape index (κ2) is 5.64. The van der Waals surface area contributed by atoms with Crippen LogP contribution in [-0.4, -0.2) is 19.7 Å². The van der Waals surface area contributed by atoms with Crippen LogP contribution in [0.1, 0.15) is 30.7 Å². The first kappa shape index (κ1) is 13.9. The molecule has 0 aliphatic heterocycles. The van der Waals surface area contributed by atoms with Crippen molar-refractivity contribution in [2.24, 2.45) is 7.05 Å². The summed E-state index contributed by atoms with van der Waals surface area (Å²) in [6.45, 7) is 5.86. The molecular weight excluding hydrogens is 256 g/mol. The Morgan fingerprint density at radius 1 is 1.55 bits per heavy atom. The van der Waals surface area contributed by atoms with Gasteiger partial charge in [0.15, 0.2) is 0 Å². The third kappa shape index (κ3) is 2.90. The quantitative estimate of drug-likeness (QED) is 0.476. The van der Waals surface area contributed by atoms with Crippen LogP contribution in [0.25, 0.3) is 0 Å². The minimum atomic E-state index is -0.391. The van der Waals surface area contributed by atoms with Gasteiger partial charge in [0.1, 0.15) is 12.2 Å². The van der Waals surface area contributed by atoms with Crippen LogP contribution in [0.3, 0.4) is 0 Å². The highest BCUT2D eigenvalue weighted by Gasteiger charge is 2.21. The van der Waals surface area contributed by atoms with Crippen molar-refractivity contribution in [3.63, 3.8) is 0 Å². The Hall–Kier alpha value is -2.50. The molecule has 1 aromatic carbocycles. The fourth-order valence-corrected chi connectivity index (χ4v) is 2.17. The van der Waals surface area contributed by atoms with Gasteiger partial charge >= 0.3 is 0 Å². The zero-order valence-corrected chi connectivity index (χ0v) is 11.5. The Kier molecular flexibility index (Phi) is 3.93. The van der Waals surface area contributed by atoms with Gasteiger partial charge in [-0.25, -0.2) is 0 Å². The highest BCUT2D eigenvalue weighted by Crippen LogP contribution is 2.30. The number of aryl methyl sites for hydroxylation is 1. The molecule has 1 unspecified atom stereocenters. The summed E-state index contributed by atoms with van der Waals surface area (Å²) < 4.78 is 1.83. The van der Waals surface area contributed by atoms with Crippen LogP contribution >= 0.6 is 0 Å². The van der Waals surface area contributed by atoms with Crippen molar-refractivity contribution < 1.29 is 4.92 Å². The smallest absolute Gasteiger partial charge is 0.269 e. The average Bonchev–Trinajstić information content (AvgIpc) is 2.82. The molecule has 20 heavy (non-hydrogen) atoms. The summed E-state index contributed by atoms with van der Waals surface area (Å²) in [4.78, 5) is 10.5. The summed E-state index contributed by atoms with van der Waals surface area (Å²) in [7, 11) is 1.86. The standard InChI is InChI=1S/C14H16N4O2/c1-10(2)7-13(14-16-15-9-17(14)3)11-5-4-6-12(8-11)18(19)20/h4-6,8-9,13H,1,7H2,2-3H3. The summed E-state index contributed by atoms with van der Waals surface area (Å²) in [5, 5.41) is 18.9. The molecule has 2 rings (SSSR count). The summed E-state index contributed by atoms with van der Waals surface area (Å²) >= 11 is 0. The van der Waals surface area contributed by atoms with E-state index in [1.54, 1.807) is 18.5 Å². The summed E-state index contributed by atoms with van der Waals surface area (Å²) in [5.41, 5.74) is 1.92. The van der Waals surface area contributed by atoms with E-state index < -0.39 is 4.92 Å². The SMILES string of the molecule is C=C(C)CC(c1cccc([N+](=O)[O-])c1)c1nncn1C. The molecule has 0 fully saturated rings. The average molecular weight is 272 g/mol. The number of non-ortho nitro benzene ring substituents is 1. The molecule has 0 bridgehead atoms. The molecule has 6 nitrogen and oxygen atoms in total. The minimum Gasteiger partial charge on any atom is -0.320 e. The second-order valence-electron chi connectivity index (χ2n) is 4.87. The molecule has 0 spiro atoms. The molecule has 0 N–H and O–H groups in total. The number of nitro benzene ring substituents is 1. The highest BCUT2D eigenvalue weighted by atomic mass is 16.6. The molecule has 0 saturated carbocycles.